The van der Waals surface area contributed by atoms with Crippen molar-refractivity contribution in [2.24, 2.45) is 0 Å². The average molecular weight is 453 g/mol. The van der Waals surface area contributed by atoms with Gasteiger partial charge in [0.15, 0.2) is 0 Å². The SMILES string of the molecule is O=C(Nc1ccc(-c2nnc(-c3ccccc3)o2)cc1)Nc1ccc(Br)cc1F. The van der Waals surface area contributed by atoms with E-state index in [1.807, 2.05) is 30.3 Å². The molecule has 1 aromatic heterocycles. The van der Waals surface area contributed by atoms with Gasteiger partial charge in [-0.2, -0.15) is 0 Å². The van der Waals surface area contributed by atoms with Crippen molar-refractivity contribution in [3.63, 3.8) is 0 Å². The Morgan fingerprint density at radius 2 is 1.52 bits per heavy atom. The number of rotatable bonds is 4. The number of nitrogens with one attached hydrogen (secondary N) is 2. The molecular weight excluding hydrogens is 439 g/mol. The minimum atomic E-state index is -0.553. The maximum absolute atomic E-state index is 13.8. The molecule has 0 spiro atoms. The van der Waals surface area contributed by atoms with Gasteiger partial charge in [0.05, 0.1) is 5.69 Å². The van der Waals surface area contributed by atoms with Gasteiger partial charge in [-0.15, -0.1) is 10.2 Å². The molecule has 4 aromatic rings. The van der Waals surface area contributed by atoms with Crippen molar-refractivity contribution < 1.29 is 13.6 Å². The average Bonchev–Trinajstić information content (AvgIpc) is 3.22. The van der Waals surface area contributed by atoms with E-state index in [0.717, 1.165) is 5.56 Å². The van der Waals surface area contributed by atoms with Gasteiger partial charge < -0.3 is 15.1 Å². The van der Waals surface area contributed by atoms with Crippen molar-refractivity contribution >= 4 is 33.3 Å². The first-order valence-electron chi connectivity index (χ1n) is 8.61. The van der Waals surface area contributed by atoms with Crippen LogP contribution in [0.5, 0.6) is 0 Å². The molecule has 0 unspecified atom stereocenters. The largest absolute Gasteiger partial charge is 0.416 e. The van der Waals surface area contributed by atoms with Crippen molar-refractivity contribution in [1.82, 2.24) is 10.2 Å². The number of urea groups is 1. The molecule has 0 aliphatic carbocycles. The lowest BCUT2D eigenvalue weighted by molar-refractivity contribution is 0.262. The van der Waals surface area contributed by atoms with E-state index in [9.17, 15) is 9.18 Å². The zero-order valence-electron chi connectivity index (χ0n) is 14.9. The van der Waals surface area contributed by atoms with Crippen LogP contribution in [0.25, 0.3) is 22.9 Å². The lowest BCUT2D eigenvalue weighted by Gasteiger charge is -2.09. The van der Waals surface area contributed by atoms with Crippen LogP contribution in [-0.2, 0) is 0 Å². The highest BCUT2D eigenvalue weighted by Gasteiger charge is 2.11. The standard InChI is InChI=1S/C21H14BrFN4O2/c22-15-8-11-18(17(23)12-15)25-21(28)24-16-9-6-14(7-10-16)20-27-26-19(29-20)13-4-2-1-3-5-13/h1-12H,(H2,24,25,28). The van der Waals surface area contributed by atoms with Gasteiger partial charge in [-0.25, -0.2) is 9.18 Å². The Kier molecular flexibility index (Phi) is 5.35. The number of benzene rings is 3. The van der Waals surface area contributed by atoms with Gasteiger partial charge in [0.25, 0.3) is 0 Å². The predicted octanol–water partition coefficient (Wildman–Crippen LogP) is 5.95. The molecular formula is C21H14BrFN4O2. The van der Waals surface area contributed by atoms with Crippen molar-refractivity contribution in [2.75, 3.05) is 10.6 Å². The lowest BCUT2D eigenvalue weighted by atomic mass is 10.2. The van der Waals surface area contributed by atoms with Gasteiger partial charge >= 0.3 is 6.03 Å². The minimum Gasteiger partial charge on any atom is -0.416 e. The molecule has 0 radical (unpaired) electrons. The fourth-order valence-corrected chi connectivity index (χ4v) is 2.94. The van der Waals surface area contributed by atoms with E-state index in [1.165, 1.54) is 12.1 Å². The predicted molar refractivity (Wildman–Crippen MR) is 112 cm³/mol. The number of anilines is 2. The summed E-state index contributed by atoms with van der Waals surface area (Å²) in [4.78, 5) is 12.1. The summed E-state index contributed by atoms with van der Waals surface area (Å²) in [5.41, 5.74) is 2.17. The fraction of sp³-hybridized carbons (Fsp3) is 0. The zero-order chi connectivity index (χ0) is 20.2. The maximum Gasteiger partial charge on any atom is 0.323 e. The monoisotopic (exact) mass is 452 g/mol. The number of halogens is 2. The molecule has 0 fully saturated rings. The van der Waals surface area contributed by atoms with Crippen LogP contribution >= 0.6 is 15.9 Å². The molecule has 1 heterocycles. The first-order chi connectivity index (χ1) is 14.1. The molecule has 4 rings (SSSR count). The van der Waals surface area contributed by atoms with Crippen LogP contribution < -0.4 is 10.6 Å². The van der Waals surface area contributed by atoms with Gasteiger partial charge in [-0.05, 0) is 54.6 Å². The second-order valence-electron chi connectivity index (χ2n) is 6.06. The Bertz CT molecular complexity index is 1150. The van der Waals surface area contributed by atoms with Gasteiger partial charge in [0.2, 0.25) is 11.8 Å². The summed E-state index contributed by atoms with van der Waals surface area (Å²) in [5.74, 6) is 0.269. The number of carbonyl (C=O) groups excluding carboxylic acids is 1. The Morgan fingerprint density at radius 3 is 2.17 bits per heavy atom. The fourth-order valence-electron chi connectivity index (χ4n) is 2.61. The summed E-state index contributed by atoms with van der Waals surface area (Å²) in [5, 5.41) is 13.2. The van der Waals surface area contributed by atoms with Crippen LogP contribution in [0.4, 0.5) is 20.6 Å². The van der Waals surface area contributed by atoms with Gasteiger partial charge in [0, 0.05) is 21.3 Å². The molecule has 2 N–H and O–H groups in total. The van der Waals surface area contributed by atoms with Crippen molar-refractivity contribution in [2.45, 2.75) is 0 Å². The van der Waals surface area contributed by atoms with Crippen molar-refractivity contribution in [1.29, 1.82) is 0 Å². The van der Waals surface area contributed by atoms with E-state index in [2.05, 4.69) is 36.8 Å². The highest BCUT2D eigenvalue weighted by molar-refractivity contribution is 9.10. The molecule has 8 heteroatoms. The smallest absolute Gasteiger partial charge is 0.323 e. The van der Waals surface area contributed by atoms with Crippen LogP contribution in [0.3, 0.4) is 0 Å². The maximum atomic E-state index is 13.8. The summed E-state index contributed by atoms with van der Waals surface area (Å²) < 4.78 is 20.1. The number of aromatic nitrogens is 2. The molecule has 0 saturated carbocycles. The third-order valence-electron chi connectivity index (χ3n) is 4.01. The molecule has 3 aromatic carbocycles. The second-order valence-corrected chi connectivity index (χ2v) is 6.97. The molecule has 144 valence electrons. The van der Waals surface area contributed by atoms with E-state index in [-0.39, 0.29) is 5.69 Å². The van der Waals surface area contributed by atoms with E-state index in [0.29, 0.717) is 27.5 Å². The van der Waals surface area contributed by atoms with E-state index in [1.54, 1.807) is 30.3 Å². The molecule has 0 aliphatic heterocycles. The molecule has 0 aliphatic rings. The molecule has 0 atom stereocenters. The molecule has 29 heavy (non-hydrogen) atoms. The van der Waals surface area contributed by atoms with Crippen LogP contribution in [0.15, 0.2) is 81.7 Å². The molecule has 2 amide bonds. The van der Waals surface area contributed by atoms with E-state index < -0.39 is 11.8 Å². The second kappa shape index (κ2) is 8.24. The molecule has 0 saturated heterocycles. The summed E-state index contributed by atoms with van der Waals surface area (Å²) in [7, 11) is 0. The normalized spacial score (nSPS) is 10.6. The van der Waals surface area contributed by atoms with Crippen LogP contribution in [0, 0.1) is 5.82 Å². The zero-order valence-corrected chi connectivity index (χ0v) is 16.5. The number of nitrogens with zero attached hydrogens (tertiary/aromatic N) is 2. The van der Waals surface area contributed by atoms with E-state index >= 15 is 0 Å². The van der Waals surface area contributed by atoms with Gasteiger partial charge in [-0.1, -0.05) is 34.1 Å². The van der Waals surface area contributed by atoms with Gasteiger partial charge in [0.1, 0.15) is 5.82 Å². The highest BCUT2D eigenvalue weighted by atomic mass is 79.9. The number of hydrogen-bond donors (Lipinski definition) is 2. The van der Waals surface area contributed by atoms with Crippen molar-refractivity contribution in [3.8, 4) is 22.9 Å². The summed E-state index contributed by atoms with van der Waals surface area (Å²) in [6.07, 6.45) is 0. The Hall–Kier alpha value is -3.52. The summed E-state index contributed by atoms with van der Waals surface area (Å²) in [6, 6.07) is 20.2. The number of carbonyl (C=O) groups is 1. The molecule has 6 nitrogen and oxygen atoms in total. The van der Waals surface area contributed by atoms with Crippen molar-refractivity contribution in [3.05, 3.63) is 83.1 Å². The first-order valence-corrected chi connectivity index (χ1v) is 9.40. The Balaban J connectivity index is 1.43. The molecule has 0 bridgehead atoms. The summed E-state index contributed by atoms with van der Waals surface area (Å²) >= 11 is 3.17. The third-order valence-corrected chi connectivity index (χ3v) is 4.51. The topological polar surface area (TPSA) is 80.1 Å². The lowest BCUT2D eigenvalue weighted by Crippen LogP contribution is -2.20. The first kappa shape index (κ1) is 18.8. The third kappa shape index (κ3) is 4.49. The number of amides is 2. The highest BCUT2D eigenvalue weighted by Crippen LogP contribution is 2.25. The van der Waals surface area contributed by atoms with Crippen LogP contribution in [-0.4, -0.2) is 16.2 Å². The van der Waals surface area contributed by atoms with Crippen LogP contribution in [0.1, 0.15) is 0 Å². The Labute approximate surface area is 173 Å². The minimum absolute atomic E-state index is 0.0848. The quantitative estimate of drug-likeness (QED) is 0.400. The van der Waals surface area contributed by atoms with E-state index in [4.69, 9.17) is 4.42 Å². The Morgan fingerprint density at radius 1 is 0.862 bits per heavy atom. The van der Waals surface area contributed by atoms with Gasteiger partial charge in [-0.3, -0.25) is 0 Å². The van der Waals surface area contributed by atoms with Crippen LogP contribution in [0.2, 0.25) is 0 Å². The summed E-state index contributed by atoms with van der Waals surface area (Å²) in [6.45, 7) is 0. The number of hydrogen-bond acceptors (Lipinski definition) is 4.